The highest BCUT2D eigenvalue weighted by molar-refractivity contribution is 9.10. The Balaban J connectivity index is 1.36. The van der Waals surface area contributed by atoms with Crippen LogP contribution in [-0.2, 0) is 6.54 Å². The van der Waals surface area contributed by atoms with Crippen molar-refractivity contribution >= 4 is 27.0 Å². The molecule has 0 aliphatic heterocycles. The minimum Gasteiger partial charge on any atom is -0.438 e. The summed E-state index contributed by atoms with van der Waals surface area (Å²) in [6.07, 6.45) is 3.45. The smallest absolute Gasteiger partial charge is 0.219 e. The Kier molecular flexibility index (Phi) is 4.77. The van der Waals surface area contributed by atoms with Gasteiger partial charge in [0.1, 0.15) is 17.4 Å². The first kappa shape index (κ1) is 18.3. The molecule has 0 spiro atoms. The summed E-state index contributed by atoms with van der Waals surface area (Å²) < 4.78 is 8.66. The van der Waals surface area contributed by atoms with E-state index in [1.54, 1.807) is 12.3 Å². The van der Waals surface area contributed by atoms with Gasteiger partial charge in [0.25, 0.3) is 0 Å². The lowest BCUT2D eigenvalue weighted by atomic mass is 10.0. The van der Waals surface area contributed by atoms with E-state index >= 15 is 0 Å². The number of aliphatic hydroxyl groups is 1. The van der Waals surface area contributed by atoms with Gasteiger partial charge in [-0.1, -0.05) is 35.5 Å². The van der Waals surface area contributed by atoms with Crippen LogP contribution in [0.3, 0.4) is 0 Å². The minimum absolute atomic E-state index is 0.444. The molecule has 1 fully saturated rings. The number of benzene rings is 2. The van der Waals surface area contributed by atoms with Crippen LogP contribution in [0.25, 0.3) is 11.0 Å². The lowest BCUT2D eigenvalue weighted by molar-refractivity contribution is 0.219. The highest BCUT2D eigenvalue weighted by Gasteiger charge is 2.24. The van der Waals surface area contributed by atoms with E-state index in [0.29, 0.717) is 17.2 Å². The van der Waals surface area contributed by atoms with Gasteiger partial charge < -0.3 is 9.84 Å². The molecule has 7 heteroatoms. The molecule has 1 aliphatic carbocycles. The highest BCUT2D eigenvalue weighted by Crippen LogP contribution is 2.36. The molecular formula is C22H19BrN4O2. The van der Waals surface area contributed by atoms with E-state index in [9.17, 15) is 5.11 Å². The Labute approximate surface area is 176 Å². The van der Waals surface area contributed by atoms with E-state index in [0.717, 1.165) is 33.5 Å². The first-order valence-corrected chi connectivity index (χ1v) is 10.4. The van der Waals surface area contributed by atoms with Gasteiger partial charge in [0.15, 0.2) is 0 Å². The van der Waals surface area contributed by atoms with Crippen molar-refractivity contribution in [3.63, 3.8) is 0 Å². The number of aromatic nitrogens is 4. The van der Waals surface area contributed by atoms with Crippen LogP contribution in [0, 0.1) is 5.92 Å². The summed E-state index contributed by atoms with van der Waals surface area (Å²) in [7, 11) is 0. The Morgan fingerprint density at radius 2 is 1.90 bits per heavy atom. The van der Waals surface area contributed by atoms with Gasteiger partial charge in [0, 0.05) is 24.4 Å². The molecule has 1 N–H and O–H groups in total. The van der Waals surface area contributed by atoms with Crippen molar-refractivity contribution in [3.05, 3.63) is 76.4 Å². The molecule has 0 radical (unpaired) electrons. The number of halogens is 1. The molecule has 1 aliphatic rings. The second-order valence-corrected chi connectivity index (χ2v) is 8.10. The number of fused-ring (bicyclic) bond motifs is 1. The van der Waals surface area contributed by atoms with Crippen molar-refractivity contribution in [3.8, 4) is 11.6 Å². The summed E-state index contributed by atoms with van der Waals surface area (Å²) in [4.78, 5) is 4.35. The summed E-state index contributed by atoms with van der Waals surface area (Å²) >= 11 is 3.59. The van der Waals surface area contributed by atoms with E-state index in [1.165, 1.54) is 12.8 Å². The lowest BCUT2D eigenvalue weighted by Gasteiger charge is -2.12. The molecule has 0 amide bonds. The maximum atomic E-state index is 10.5. The first-order valence-electron chi connectivity index (χ1n) is 9.57. The maximum absolute atomic E-state index is 10.5. The monoisotopic (exact) mass is 450 g/mol. The summed E-state index contributed by atoms with van der Waals surface area (Å²) in [5.41, 5.74) is 3.30. The number of rotatable bonds is 6. The van der Waals surface area contributed by atoms with Crippen molar-refractivity contribution in [2.24, 2.45) is 5.92 Å². The van der Waals surface area contributed by atoms with Crippen LogP contribution in [0.1, 0.15) is 30.1 Å². The van der Waals surface area contributed by atoms with E-state index in [2.05, 4.69) is 31.2 Å². The van der Waals surface area contributed by atoms with E-state index in [1.807, 2.05) is 53.2 Å². The summed E-state index contributed by atoms with van der Waals surface area (Å²) in [6.45, 7) is 0.913. The zero-order valence-electron chi connectivity index (χ0n) is 15.6. The predicted octanol–water partition coefficient (Wildman–Crippen LogP) is 4.87. The maximum Gasteiger partial charge on any atom is 0.219 e. The molecule has 2 aromatic carbocycles. The molecule has 146 valence electrons. The van der Waals surface area contributed by atoms with Crippen LogP contribution in [0.4, 0.5) is 0 Å². The molecule has 1 unspecified atom stereocenters. The lowest BCUT2D eigenvalue weighted by Crippen LogP contribution is -2.01. The van der Waals surface area contributed by atoms with Crippen molar-refractivity contribution in [1.29, 1.82) is 0 Å². The Morgan fingerprint density at radius 3 is 2.62 bits per heavy atom. The van der Waals surface area contributed by atoms with Crippen molar-refractivity contribution in [1.82, 2.24) is 20.0 Å². The topological polar surface area (TPSA) is 73.1 Å². The molecule has 0 bridgehead atoms. The molecule has 6 nitrogen and oxygen atoms in total. The molecule has 2 aromatic heterocycles. The van der Waals surface area contributed by atoms with E-state index < -0.39 is 6.10 Å². The van der Waals surface area contributed by atoms with Crippen molar-refractivity contribution in [2.75, 3.05) is 0 Å². The normalized spacial score (nSPS) is 14.8. The number of aliphatic hydroxyl groups excluding tert-OH is 1. The van der Waals surface area contributed by atoms with Crippen LogP contribution >= 0.6 is 15.9 Å². The molecule has 0 saturated heterocycles. The van der Waals surface area contributed by atoms with Crippen LogP contribution in [0.2, 0.25) is 0 Å². The van der Waals surface area contributed by atoms with Gasteiger partial charge in [0.2, 0.25) is 5.88 Å². The van der Waals surface area contributed by atoms with Crippen LogP contribution in [-0.4, -0.2) is 25.1 Å². The van der Waals surface area contributed by atoms with Crippen LogP contribution in [0.15, 0.2) is 65.3 Å². The van der Waals surface area contributed by atoms with E-state index in [4.69, 9.17) is 4.74 Å². The summed E-state index contributed by atoms with van der Waals surface area (Å²) in [6, 6.07) is 16.9. The summed E-state index contributed by atoms with van der Waals surface area (Å²) in [5, 5.41) is 19.1. The van der Waals surface area contributed by atoms with Gasteiger partial charge in [-0.25, -0.2) is 9.67 Å². The fourth-order valence-electron chi connectivity index (χ4n) is 3.30. The third-order valence-electron chi connectivity index (χ3n) is 5.12. The number of nitrogens with zero attached hydrogens (tertiary/aromatic N) is 4. The first-order chi connectivity index (χ1) is 14.2. The number of ether oxygens (including phenoxy) is 1. The molecule has 29 heavy (non-hydrogen) atoms. The third kappa shape index (κ3) is 3.75. The van der Waals surface area contributed by atoms with Gasteiger partial charge in [-0.15, -0.1) is 5.10 Å². The molecule has 4 aromatic rings. The van der Waals surface area contributed by atoms with Gasteiger partial charge in [-0.05, 0) is 58.5 Å². The molecule has 1 saturated carbocycles. The minimum atomic E-state index is -0.720. The molecular weight excluding hydrogens is 432 g/mol. The van der Waals surface area contributed by atoms with Crippen molar-refractivity contribution in [2.45, 2.75) is 25.5 Å². The van der Waals surface area contributed by atoms with Gasteiger partial charge >= 0.3 is 0 Å². The zero-order chi connectivity index (χ0) is 19.8. The van der Waals surface area contributed by atoms with Gasteiger partial charge in [-0.3, -0.25) is 0 Å². The number of hydrogen-bond acceptors (Lipinski definition) is 5. The molecule has 2 heterocycles. The third-order valence-corrected chi connectivity index (χ3v) is 5.89. The van der Waals surface area contributed by atoms with Crippen LogP contribution in [0.5, 0.6) is 11.6 Å². The number of hydrogen-bond donors (Lipinski definition) is 1. The predicted molar refractivity (Wildman–Crippen MR) is 113 cm³/mol. The van der Waals surface area contributed by atoms with Crippen molar-refractivity contribution < 1.29 is 9.84 Å². The summed E-state index contributed by atoms with van der Waals surface area (Å²) in [5.74, 6) is 1.79. The Bertz CT molecular complexity index is 1140. The average molecular weight is 451 g/mol. The largest absolute Gasteiger partial charge is 0.438 e. The van der Waals surface area contributed by atoms with E-state index in [-0.39, 0.29) is 0 Å². The Hall–Kier alpha value is -2.77. The molecule has 1 atom stereocenters. The zero-order valence-corrected chi connectivity index (χ0v) is 17.2. The fraction of sp³-hybridized carbons (Fsp3) is 0.227. The standard InChI is InChI=1S/C22H19BrN4O2/c23-20-18(10-9-17-21(20)25-26-27(17)13-14-6-7-14)29-19-11-8-16(12-24-19)22(28)15-4-2-1-3-5-15/h1-5,8-12,14,22,28H,6-7,13H2. The van der Waals surface area contributed by atoms with Crippen LogP contribution < -0.4 is 4.74 Å². The SMILES string of the molecule is OC(c1ccccc1)c1ccc(Oc2ccc3c(nnn3CC3CC3)c2Br)nc1. The average Bonchev–Trinajstić information content (AvgIpc) is 3.49. The quantitative estimate of drug-likeness (QED) is 0.453. The highest BCUT2D eigenvalue weighted by atomic mass is 79.9. The van der Waals surface area contributed by atoms with Gasteiger partial charge in [0.05, 0.1) is 9.99 Å². The molecule has 5 rings (SSSR count). The fourth-order valence-corrected chi connectivity index (χ4v) is 3.79. The second kappa shape index (κ2) is 7.57. The van der Waals surface area contributed by atoms with Gasteiger partial charge in [-0.2, -0.15) is 0 Å². The second-order valence-electron chi connectivity index (χ2n) is 7.31. The number of pyridine rings is 1. The Morgan fingerprint density at radius 1 is 1.07 bits per heavy atom.